The molecule has 0 rings (SSSR count). The molecule has 0 aliphatic heterocycles. The van der Waals surface area contributed by atoms with E-state index in [0.717, 1.165) is 26.2 Å². The molecule has 0 unspecified atom stereocenters. The van der Waals surface area contributed by atoms with Crippen molar-refractivity contribution in [1.82, 2.24) is 9.80 Å². The summed E-state index contributed by atoms with van der Waals surface area (Å²) in [6.07, 6.45) is 9.62. The number of rotatable bonds is 12. The van der Waals surface area contributed by atoms with Crippen LogP contribution in [0.1, 0.15) is 79.1 Å². The van der Waals surface area contributed by atoms with Gasteiger partial charge in [-0.3, -0.25) is 0 Å². The molecule has 0 bridgehead atoms. The molecular weight excluding hydrogens is 533 g/mol. The van der Waals surface area contributed by atoms with E-state index in [4.69, 9.17) is 49.7 Å². The Morgan fingerprint density at radius 3 is 0.926 bits per heavy atom. The third-order valence-corrected chi connectivity index (χ3v) is 4.68. The Balaban J connectivity index is -0.000000372. The van der Waals surface area contributed by atoms with Gasteiger partial charge < -0.3 is 59.5 Å². The van der Waals surface area contributed by atoms with Gasteiger partial charge in [0.1, 0.15) is 0 Å². The van der Waals surface area contributed by atoms with E-state index >= 15 is 0 Å². The minimum atomic E-state index is -0.363. The summed E-state index contributed by atoms with van der Waals surface area (Å²) in [6.45, 7) is 12.9. The normalized spacial score (nSPS) is 9.04. The molecule has 9 heteroatoms. The second-order valence-corrected chi connectivity index (χ2v) is 11.6. The van der Waals surface area contributed by atoms with Gasteiger partial charge in [0, 0.05) is 26.2 Å². The summed E-state index contributed by atoms with van der Waals surface area (Å²) in [7, 11) is 8.68. The van der Waals surface area contributed by atoms with Gasteiger partial charge in [-0.1, -0.05) is 62.0 Å². The minimum absolute atomic E-state index is 0.363. The zero-order chi connectivity index (χ0) is 21.5. The molecule has 0 fully saturated rings. The van der Waals surface area contributed by atoms with Gasteiger partial charge >= 0.3 is 34.6 Å². The zero-order valence-corrected chi connectivity index (χ0v) is 24.1. The summed E-state index contributed by atoms with van der Waals surface area (Å²) in [5.41, 5.74) is 0. The molecule has 0 spiro atoms. The molecule has 0 radical (unpaired) electrons. The van der Waals surface area contributed by atoms with Crippen LogP contribution >= 0.6 is 44.1 Å². The van der Waals surface area contributed by atoms with Gasteiger partial charge in [-0.15, -0.1) is 0 Å². The maximum atomic E-state index is 4.98. The van der Waals surface area contributed by atoms with Crippen molar-refractivity contribution in [2.45, 2.75) is 79.1 Å². The van der Waals surface area contributed by atoms with Crippen LogP contribution in [0.2, 0.25) is 0 Å². The molecule has 0 saturated carbocycles. The van der Waals surface area contributed by atoms with Gasteiger partial charge in [-0.2, -0.15) is 0 Å². The van der Waals surface area contributed by atoms with E-state index in [0.29, 0.717) is 8.64 Å². The second-order valence-electron chi connectivity index (χ2n) is 5.99. The second kappa shape index (κ2) is 27.3. The number of hydrogen-bond acceptors (Lipinski definition) is 6. The summed E-state index contributed by atoms with van der Waals surface area (Å²) < 4.78 is 1.27. The van der Waals surface area contributed by atoms with Crippen LogP contribution < -0.4 is 0 Å². The van der Waals surface area contributed by atoms with Crippen molar-refractivity contribution < 1.29 is 14.9 Å². The Hall–Kier alpha value is 1.35. The van der Waals surface area contributed by atoms with Crippen LogP contribution in [0.3, 0.4) is 0 Å². The van der Waals surface area contributed by atoms with Gasteiger partial charge in [0.15, 0.2) is 0 Å². The third-order valence-electron chi connectivity index (χ3n) is 3.64. The molecule has 0 aromatic rings. The Kier molecular flexibility index (Phi) is 33.4. The first-order valence-electron chi connectivity index (χ1n) is 9.69. The summed E-state index contributed by atoms with van der Waals surface area (Å²) in [5, 5.41) is 0. The first-order chi connectivity index (χ1) is 12.9. The van der Waals surface area contributed by atoms with Crippen molar-refractivity contribution in [2.75, 3.05) is 26.2 Å². The molecule has 2 nitrogen and oxygen atoms in total. The van der Waals surface area contributed by atoms with Crippen LogP contribution in [0, 0.1) is 0 Å². The average Bonchev–Trinajstić information content (AvgIpc) is 2.62. The van der Waals surface area contributed by atoms with E-state index in [1.807, 2.05) is 0 Å². The summed E-state index contributed by atoms with van der Waals surface area (Å²) in [4.78, 5) is 4.27. The average molecular weight is 569 g/mol. The van der Waals surface area contributed by atoms with E-state index < -0.39 is 0 Å². The van der Waals surface area contributed by atoms with Crippen molar-refractivity contribution in [3.63, 3.8) is 0 Å². The van der Waals surface area contributed by atoms with E-state index in [1.54, 1.807) is 0 Å². The van der Waals surface area contributed by atoms with Crippen LogP contribution in [0.15, 0.2) is 0 Å². The summed E-state index contributed by atoms with van der Waals surface area (Å²) in [6, 6.07) is 0. The molecule has 0 aromatic carbocycles. The number of nitrogens with zero attached hydrogens (tertiary/aromatic N) is 2. The van der Waals surface area contributed by atoms with Crippen LogP contribution in [-0.4, -0.2) is 44.6 Å². The standard InChI is InChI=1S/2C9H19NS2.Mo.2S/c2*1-3-5-7-10(9(11)12)8-6-4-2;;;/h2*3-8H2,1-2H3,(H,11,12);;;/q;;+2;;/p-2. The van der Waals surface area contributed by atoms with Crippen LogP contribution in [0.5, 0.6) is 0 Å². The molecule has 0 N–H and O–H groups in total. The van der Waals surface area contributed by atoms with Gasteiger partial charge in [0.2, 0.25) is 0 Å². The Labute approximate surface area is 206 Å². The summed E-state index contributed by atoms with van der Waals surface area (Å²) >= 11 is 19.6. The fraction of sp³-hybridized carbons (Fsp3) is 0.889. The van der Waals surface area contributed by atoms with Crippen LogP contribution in [0.25, 0.3) is 0 Å². The van der Waals surface area contributed by atoms with Crippen molar-refractivity contribution in [3.05, 3.63) is 0 Å². The zero-order valence-electron chi connectivity index (χ0n) is 17.2. The van der Waals surface area contributed by atoms with Crippen LogP contribution in [0.4, 0.5) is 0 Å². The molecule has 0 amide bonds. The first-order valence-corrected chi connectivity index (χ1v) is 16.9. The molecule has 0 aliphatic rings. The van der Waals surface area contributed by atoms with Gasteiger partial charge in [-0.25, -0.2) is 0 Å². The molecule has 0 aliphatic carbocycles. The van der Waals surface area contributed by atoms with Gasteiger partial charge in [-0.05, 0) is 25.7 Å². The Morgan fingerprint density at radius 1 is 0.630 bits per heavy atom. The third kappa shape index (κ3) is 27.3. The fourth-order valence-corrected chi connectivity index (χ4v) is 2.71. The first kappa shape index (κ1) is 33.0. The van der Waals surface area contributed by atoms with E-state index in [2.05, 4.69) is 57.1 Å². The maximum absolute atomic E-state index is 4.98. The number of hydrogen-bond donors (Lipinski definition) is 0. The molecule has 0 aromatic heterocycles. The summed E-state index contributed by atoms with van der Waals surface area (Å²) in [5.74, 6) is 0. The van der Waals surface area contributed by atoms with Crippen molar-refractivity contribution in [2.24, 2.45) is 0 Å². The Morgan fingerprint density at radius 2 is 0.815 bits per heavy atom. The quantitative estimate of drug-likeness (QED) is 0.143. The van der Waals surface area contributed by atoms with E-state index in [-0.39, 0.29) is 14.9 Å². The number of thiocarbonyl (C=S) groups is 2. The molecule has 0 saturated heterocycles. The predicted octanol–water partition coefficient (Wildman–Crippen LogP) is 6.73. The molecule has 160 valence electrons. The molecule has 0 atom stereocenters. The van der Waals surface area contributed by atoms with Gasteiger partial charge in [0.05, 0.1) is 0 Å². The van der Waals surface area contributed by atoms with E-state index in [1.165, 1.54) is 51.4 Å². The monoisotopic (exact) mass is 570 g/mol. The predicted molar refractivity (Wildman–Crippen MR) is 138 cm³/mol. The molecular formula is C18H36MoN2S6. The fourth-order valence-electron chi connectivity index (χ4n) is 1.98. The van der Waals surface area contributed by atoms with Gasteiger partial charge in [0.25, 0.3) is 0 Å². The van der Waals surface area contributed by atoms with Crippen molar-refractivity contribution >= 4 is 78.0 Å². The topological polar surface area (TPSA) is 6.48 Å². The SMILES string of the molecule is CCCCN(CCCC)C(=S)[S-].CCCCN(CCCC)C(=S)[S-].[S]=[Mo+2]=[S]. The van der Waals surface area contributed by atoms with Crippen LogP contribution in [-0.2, 0) is 40.2 Å². The van der Waals surface area contributed by atoms with E-state index in [9.17, 15) is 0 Å². The van der Waals surface area contributed by atoms with Crippen molar-refractivity contribution in [3.8, 4) is 0 Å². The Bertz CT molecular complexity index is 344. The number of unbranched alkanes of at least 4 members (excludes halogenated alkanes) is 4. The van der Waals surface area contributed by atoms with Crippen molar-refractivity contribution in [1.29, 1.82) is 0 Å². The molecule has 0 heterocycles. The molecule has 27 heavy (non-hydrogen) atoms.